The molecule has 0 saturated carbocycles. The van der Waals surface area contributed by atoms with Crippen molar-refractivity contribution in [3.63, 3.8) is 0 Å². The van der Waals surface area contributed by atoms with Gasteiger partial charge in [-0.3, -0.25) is 4.79 Å². The summed E-state index contributed by atoms with van der Waals surface area (Å²) in [7, 11) is 0. The fourth-order valence-electron chi connectivity index (χ4n) is 1.58. The van der Waals surface area contributed by atoms with Gasteiger partial charge in [0, 0.05) is 6.54 Å². The van der Waals surface area contributed by atoms with Crippen LogP contribution in [0.1, 0.15) is 25.8 Å². The minimum Gasteiger partial charge on any atom is -0.490 e. The van der Waals surface area contributed by atoms with E-state index in [4.69, 9.17) is 14.6 Å². The van der Waals surface area contributed by atoms with Crippen LogP contribution < -0.4 is 14.8 Å². The first kappa shape index (κ1) is 15.3. The van der Waals surface area contributed by atoms with E-state index in [1.165, 1.54) is 0 Å². The summed E-state index contributed by atoms with van der Waals surface area (Å²) >= 11 is 0. The third-order valence-electron chi connectivity index (χ3n) is 2.38. The number of nitrogens with one attached hydrogen (secondary N) is 1. The van der Waals surface area contributed by atoms with E-state index < -0.39 is 5.97 Å². The first-order valence-electron chi connectivity index (χ1n) is 6.48. The van der Waals surface area contributed by atoms with E-state index in [-0.39, 0.29) is 6.54 Å². The van der Waals surface area contributed by atoms with Gasteiger partial charge in [0.1, 0.15) is 0 Å². The molecule has 1 aromatic carbocycles. The number of benzene rings is 1. The van der Waals surface area contributed by atoms with Crippen molar-refractivity contribution in [2.24, 2.45) is 0 Å². The molecule has 0 aliphatic carbocycles. The lowest BCUT2D eigenvalue weighted by molar-refractivity contribution is -0.135. The summed E-state index contributed by atoms with van der Waals surface area (Å²) in [5.41, 5.74) is 0.966. The van der Waals surface area contributed by atoms with Gasteiger partial charge in [0.25, 0.3) is 0 Å². The smallest absolute Gasteiger partial charge is 0.317 e. The van der Waals surface area contributed by atoms with Crippen LogP contribution in [0.3, 0.4) is 0 Å². The molecule has 0 radical (unpaired) electrons. The molecule has 0 aliphatic heterocycles. The molecule has 2 N–H and O–H groups in total. The molecule has 0 atom stereocenters. The Labute approximate surface area is 113 Å². The van der Waals surface area contributed by atoms with Crippen molar-refractivity contribution in [2.75, 3.05) is 19.8 Å². The lowest BCUT2D eigenvalue weighted by Gasteiger charge is -2.13. The van der Waals surface area contributed by atoms with Crippen molar-refractivity contribution in [1.29, 1.82) is 0 Å². The second kappa shape index (κ2) is 8.37. The van der Waals surface area contributed by atoms with Crippen LogP contribution in [0.2, 0.25) is 0 Å². The molecular weight excluding hydrogens is 246 g/mol. The summed E-state index contributed by atoms with van der Waals surface area (Å²) in [6.07, 6.45) is 0.938. The maximum atomic E-state index is 10.4. The summed E-state index contributed by atoms with van der Waals surface area (Å²) in [5, 5.41) is 11.4. The molecule has 106 valence electrons. The number of aliphatic carboxylic acids is 1. The molecule has 0 unspecified atom stereocenters. The van der Waals surface area contributed by atoms with Crippen molar-refractivity contribution in [1.82, 2.24) is 5.32 Å². The number of carboxylic acid groups (broad SMARTS) is 1. The average Bonchev–Trinajstić information content (AvgIpc) is 2.38. The number of carboxylic acids is 1. The van der Waals surface area contributed by atoms with Crippen LogP contribution in [-0.2, 0) is 11.3 Å². The summed E-state index contributed by atoms with van der Waals surface area (Å²) < 4.78 is 11.1. The molecule has 19 heavy (non-hydrogen) atoms. The van der Waals surface area contributed by atoms with Crippen LogP contribution in [0.15, 0.2) is 18.2 Å². The van der Waals surface area contributed by atoms with E-state index in [9.17, 15) is 4.79 Å². The van der Waals surface area contributed by atoms with Crippen LogP contribution in [0.25, 0.3) is 0 Å². The summed E-state index contributed by atoms with van der Waals surface area (Å²) in [6, 6.07) is 5.64. The maximum absolute atomic E-state index is 10.4. The minimum absolute atomic E-state index is 0.0575. The van der Waals surface area contributed by atoms with Crippen LogP contribution in [0.4, 0.5) is 0 Å². The van der Waals surface area contributed by atoms with Gasteiger partial charge in [-0.25, -0.2) is 0 Å². The van der Waals surface area contributed by atoms with Gasteiger partial charge in [-0.05, 0) is 31.0 Å². The van der Waals surface area contributed by atoms with Crippen LogP contribution in [0.5, 0.6) is 11.5 Å². The number of rotatable bonds is 9. The van der Waals surface area contributed by atoms with Crippen LogP contribution in [-0.4, -0.2) is 30.8 Å². The van der Waals surface area contributed by atoms with Crippen molar-refractivity contribution in [3.8, 4) is 11.5 Å². The fourth-order valence-corrected chi connectivity index (χ4v) is 1.58. The van der Waals surface area contributed by atoms with Gasteiger partial charge in [0.2, 0.25) is 0 Å². The highest BCUT2D eigenvalue weighted by Crippen LogP contribution is 2.28. The molecular formula is C14H21NO4. The predicted octanol–water partition coefficient (Wildman–Crippen LogP) is 2.05. The van der Waals surface area contributed by atoms with Gasteiger partial charge in [-0.1, -0.05) is 13.0 Å². The van der Waals surface area contributed by atoms with Gasteiger partial charge < -0.3 is 19.9 Å². The Morgan fingerprint density at radius 1 is 1.26 bits per heavy atom. The Morgan fingerprint density at radius 3 is 2.68 bits per heavy atom. The lowest BCUT2D eigenvalue weighted by Crippen LogP contribution is -2.21. The van der Waals surface area contributed by atoms with Crippen molar-refractivity contribution in [3.05, 3.63) is 23.8 Å². The van der Waals surface area contributed by atoms with Crippen molar-refractivity contribution in [2.45, 2.75) is 26.8 Å². The minimum atomic E-state index is -0.868. The SMILES string of the molecule is CCCOc1ccc(CNCC(=O)O)cc1OCC. The lowest BCUT2D eigenvalue weighted by atomic mass is 10.2. The molecule has 0 amide bonds. The number of carbonyl (C=O) groups is 1. The van der Waals surface area contributed by atoms with E-state index in [1.54, 1.807) is 0 Å². The van der Waals surface area contributed by atoms with E-state index in [0.717, 1.165) is 17.7 Å². The highest BCUT2D eigenvalue weighted by molar-refractivity contribution is 5.69. The number of ether oxygens (including phenoxy) is 2. The molecule has 0 spiro atoms. The summed E-state index contributed by atoms with van der Waals surface area (Å²) in [4.78, 5) is 10.4. The maximum Gasteiger partial charge on any atom is 0.317 e. The monoisotopic (exact) mass is 267 g/mol. The fraction of sp³-hybridized carbons (Fsp3) is 0.500. The number of hydrogen-bond acceptors (Lipinski definition) is 4. The Kier molecular flexibility index (Phi) is 6.74. The second-order valence-corrected chi connectivity index (χ2v) is 4.06. The predicted molar refractivity (Wildman–Crippen MR) is 72.7 cm³/mol. The van der Waals surface area contributed by atoms with Gasteiger partial charge in [0.05, 0.1) is 19.8 Å². The first-order chi connectivity index (χ1) is 9.17. The molecule has 0 saturated heterocycles. The van der Waals surface area contributed by atoms with Gasteiger partial charge >= 0.3 is 5.97 Å². The number of hydrogen-bond donors (Lipinski definition) is 2. The molecule has 0 aliphatic rings. The van der Waals surface area contributed by atoms with Crippen molar-refractivity contribution < 1.29 is 19.4 Å². The molecule has 1 rings (SSSR count). The van der Waals surface area contributed by atoms with Crippen molar-refractivity contribution >= 4 is 5.97 Å². The molecule has 1 aromatic rings. The average molecular weight is 267 g/mol. The van der Waals surface area contributed by atoms with Gasteiger partial charge in [-0.15, -0.1) is 0 Å². The van der Waals surface area contributed by atoms with E-state index in [0.29, 0.717) is 25.5 Å². The zero-order valence-corrected chi connectivity index (χ0v) is 11.4. The molecule has 0 fully saturated rings. The molecule has 0 aromatic heterocycles. The third-order valence-corrected chi connectivity index (χ3v) is 2.38. The Bertz CT molecular complexity index is 406. The van der Waals surface area contributed by atoms with Gasteiger partial charge in [-0.2, -0.15) is 0 Å². The highest BCUT2D eigenvalue weighted by atomic mass is 16.5. The highest BCUT2D eigenvalue weighted by Gasteiger charge is 2.06. The first-order valence-corrected chi connectivity index (χ1v) is 6.48. The Hall–Kier alpha value is -1.75. The van der Waals surface area contributed by atoms with Gasteiger partial charge in [0.15, 0.2) is 11.5 Å². The van der Waals surface area contributed by atoms with Crippen LogP contribution >= 0.6 is 0 Å². The van der Waals surface area contributed by atoms with E-state index in [2.05, 4.69) is 5.32 Å². The van der Waals surface area contributed by atoms with Crippen LogP contribution in [0, 0.1) is 0 Å². The van der Waals surface area contributed by atoms with E-state index >= 15 is 0 Å². The quantitative estimate of drug-likeness (QED) is 0.716. The molecule has 0 heterocycles. The zero-order valence-electron chi connectivity index (χ0n) is 11.4. The molecule has 5 nitrogen and oxygen atoms in total. The third kappa shape index (κ3) is 5.61. The van der Waals surface area contributed by atoms with E-state index in [1.807, 2.05) is 32.0 Å². The topological polar surface area (TPSA) is 67.8 Å². The molecule has 5 heteroatoms. The Balaban J connectivity index is 2.68. The summed E-state index contributed by atoms with van der Waals surface area (Å²) in [6.45, 7) is 5.60. The second-order valence-electron chi connectivity index (χ2n) is 4.06. The zero-order chi connectivity index (χ0) is 14.1. The normalized spacial score (nSPS) is 10.2. The summed E-state index contributed by atoms with van der Waals surface area (Å²) in [5.74, 6) is 0.559. The Morgan fingerprint density at radius 2 is 2.05 bits per heavy atom. The molecule has 0 bridgehead atoms. The standard InChI is InChI=1S/C14H21NO4/c1-3-7-19-12-6-5-11(8-13(12)18-4-2)9-15-10-14(16)17/h5-6,8,15H,3-4,7,9-10H2,1-2H3,(H,16,17). The largest absolute Gasteiger partial charge is 0.490 e.